The Morgan fingerprint density at radius 1 is 1.00 bits per heavy atom. The van der Waals surface area contributed by atoms with Crippen LogP contribution in [0.2, 0.25) is 0 Å². The Morgan fingerprint density at radius 3 is 2.32 bits per heavy atom. The van der Waals surface area contributed by atoms with Gasteiger partial charge in [0.05, 0.1) is 4.83 Å². The molecule has 0 heterocycles. The lowest BCUT2D eigenvalue weighted by Gasteiger charge is -2.16. The molecule has 100 valence electrons. The van der Waals surface area contributed by atoms with E-state index in [1.807, 2.05) is 25.1 Å². The van der Waals surface area contributed by atoms with Crippen molar-refractivity contribution < 1.29 is 4.39 Å². The Balaban J connectivity index is 2.56. The van der Waals surface area contributed by atoms with Crippen LogP contribution >= 0.6 is 63.7 Å². The lowest BCUT2D eigenvalue weighted by molar-refractivity contribution is 0.612. The minimum Gasteiger partial charge on any atom is -0.207 e. The van der Waals surface area contributed by atoms with Crippen LogP contribution in [0.15, 0.2) is 43.7 Å². The molecular formula is C14H9Br4F. The van der Waals surface area contributed by atoms with E-state index in [-0.39, 0.29) is 10.6 Å². The second-order valence-electron chi connectivity index (χ2n) is 4.12. The minimum atomic E-state index is -0.236. The van der Waals surface area contributed by atoms with Crippen LogP contribution in [0.25, 0.3) is 0 Å². The Kier molecular flexibility index (Phi) is 5.26. The molecule has 0 N–H and O–H groups in total. The van der Waals surface area contributed by atoms with Crippen molar-refractivity contribution in [1.29, 1.82) is 0 Å². The molecule has 0 spiro atoms. The zero-order valence-electron chi connectivity index (χ0n) is 9.85. The standard InChI is InChI=1S/C14H9Br4F/c1-7-5-11(17)8(6-10(7)16)14(18)13-9(15)3-2-4-12(13)19/h2-6,14H,1H3. The highest BCUT2D eigenvalue weighted by atomic mass is 79.9. The maximum Gasteiger partial charge on any atom is 0.129 e. The van der Waals surface area contributed by atoms with Gasteiger partial charge in [-0.3, -0.25) is 0 Å². The van der Waals surface area contributed by atoms with Crippen molar-refractivity contribution in [2.45, 2.75) is 11.8 Å². The van der Waals surface area contributed by atoms with Gasteiger partial charge in [0.2, 0.25) is 0 Å². The molecule has 0 nitrogen and oxygen atoms in total. The molecule has 0 aromatic heterocycles. The molecule has 5 heteroatoms. The summed E-state index contributed by atoms with van der Waals surface area (Å²) in [7, 11) is 0. The van der Waals surface area contributed by atoms with Crippen molar-refractivity contribution in [2.75, 3.05) is 0 Å². The first-order valence-corrected chi connectivity index (χ1v) is 8.74. The van der Waals surface area contributed by atoms with Crippen molar-refractivity contribution in [1.82, 2.24) is 0 Å². The van der Waals surface area contributed by atoms with E-state index in [4.69, 9.17) is 0 Å². The van der Waals surface area contributed by atoms with Crippen LogP contribution in [0.4, 0.5) is 4.39 Å². The van der Waals surface area contributed by atoms with Gasteiger partial charge in [0.15, 0.2) is 0 Å². The van der Waals surface area contributed by atoms with Crippen molar-refractivity contribution in [2.24, 2.45) is 0 Å². The van der Waals surface area contributed by atoms with Crippen LogP contribution in [0.1, 0.15) is 21.5 Å². The highest BCUT2D eigenvalue weighted by molar-refractivity contribution is 9.11. The molecule has 0 aliphatic rings. The number of hydrogen-bond donors (Lipinski definition) is 0. The third kappa shape index (κ3) is 3.31. The lowest BCUT2D eigenvalue weighted by Crippen LogP contribution is -1.99. The van der Waals surface area contributed by atoms with Crippen LogP contribution in [0.5, 0.6) is 0 Å². The molecule has 0 bridgehead atoms. The average Bonchev–Trinajstić information content (AvgIpc) is 2.33. The van der Waals surface area contributed by atoms with Crippen LogP contribution < -0.4 is 0 Å². The van der Waals surface area contributed by atoms with Gasteiger partial charge < -0.3 is 0 Å². The molecule has 0 aliphatic heterocycles. The number of rotatable bonds is 2. The molecule has 0 saturated heterocycles. The summed E-state index contributed by atoms with van der Waals surface area (Å²) >= 11 is 14.0. The van der Waals surface area contributed by atoms with Gasteiger partial charge in [-0.25, -0.2) is 4.39 Å². The highest BCUT2D eigenvalue weighted by Crippen LogP contribution is 2.41. The van der Waals surface area contributed by atoms with Crippen molar-refractivity contribution in [3.63, 3.8) is 0 Å². The van der Waals surface area contributed by atoms with E-state index in [1.165, 1.54) is 6.07 Å². The summed E-state index contributed by atoms with van der Waals surface area (Å²) in [5.74, 6) is -0.236. The number of benzene rings is 2. The van der Waals surface area contributed by atoms with Crippen LogP contribution in [-0.2, 0) is 0 Å². The Morgan fingerprint density at radius 2 is 1.68 bits per heavy atom. The monoisotopic (exact) mass is 512 g/mol. The van der Waals surface area contributed by atoms with Crippen LogP contribution in [-0.4, -0.2) is 0 Å². The fourth-order valence-corrected chi connectivity index (χ4v) is 4.84. The van der Waals surface area contributed by atoms with Crippen LogP contribution in [0, 0.1) is 12.7 Å². The van der Waals surface area contributed by atoms with E-state index in [0.717, 1.165) is 24.5 Å². The predicted octanol–water partition coefficient (Wildman–Crippen LogP) is 6.91. The number of aryl methyl sites for hydroxylation is 1. The summed E-state index contributed by atoms with van der Waals surface area (Å²) in [4.78, 5) is -0.227. The van der Waals surface area contributed by atoms with Crippen LogP contribution in [0.3, 0.4) is 0 Å². The minimum absolute atomic E-state index is 0.227. The van der Waals surface area contributed by atoms with Gasteiger partial charge in [0, 0.05) is 19.0 Å². The van der Waals surface area contributed by atoms with E-state index in [9.17, 15) is 4.39 Å². The zero-order chi connectivity index (χ0) is 14.2. The first kappa shape index (κ1) is 15.7. The summed E-state index contributed by atoms with van der Waals surface area (Å²) in [6, 6.07) is 9.00. The summed E-state index contributed by atoms with van der Waals surface area (Å²) < 4.78 is 16.7. The second-order valence-corrected chi connectivity index (χ2v) is 7.60. The fraction of sp³-hybridized carbons (Fsp3) is 0.143. The van der Waals surface area contributed by atoms with Gasteiger partial charge in [-0.2, -0.15) is 0 Å². The molecule has 1 unspecified atom stereocenters. The molecule has 19 heavy (non-hydrogen) atoms. The number of halogens is 5. The van der Waals surface area contributed by atoms with E-state index < -0.39 is 0 Å². The van der Waals surface area contributed by atoms with Crippen molar-refractivity contribution >= 4 is 63.7 Å². The Hall–Kier alpha value is 0.290. The smallest absolute Gasteiger partial charge is 0.129 e. The summed E-state index contributed by atoms with van der Waals surface area (Å²) in [6.07, 6.45) is 0. The normalized spacial score (nSPS) is 12.5. The molecule has 1 atom stereocenters. The van der Waals surface area contributed by atoms with Gasteiger partial charge in [-0.1, -0.05) is 69.8 Å². The molecule has 0 amide bonds. The Labute approximate surface area is 145 Å². The third-order valence-corrected chi connectivity index (χ3v) is 5.99. The van der Waals surface area contributed by atoms with Gasteiger partial charge >= 0.3 is 0 Å². The first-order chi connectivity index (χ1) is 8.91. The van der Waals surface area contributed by atoms with Crippen molar-refractivity contribution in [3.8, 4) is 0 Å². The Bertz CT molecular complexity index is 605. The zero-order valence-corrected chi connectivity index (χ0v) is 16.2. The van der Waals surface area contributed by atoms with E-state index in [0.29, 0.717) is 5.56 Å². The molecule has 0 saturated carbocycles. The molecular weight excluding hydrogens is 507 g/mol. The second kappa shape index (κ2) is 6.37. The average molecular weight is 516 g/mol. The summed E-state index contributed by atoms with van der Waals surface area (Å²) in [5.41, 5.74) is 2.70. The molecule has 2 aromatic rings. The molecule has 0 radical (unpaired) electrons. The lowest BCUT2D eigenvalue weighted by atomic mass is 10.0. The SMILES string of the molecule is Cc1cc(Br)c(C(Br)c2c(F)cccc2Br)cc1Br. The largest absolute Gasteiger partial charge is 0.207 e. The quantitative estimate of drug-likeness (QED) is 0.381. The molecule has 2 aromatic carbocycles. The summed E-state index contributed by atoms with van der Waals surface area (Å²) in [5, 5.41) is 0. The predicted molar refractivity (Wildman–Crippen MR) is 91.4 cm³/mol. The van der Waals surface area contributed by atoms with E-state index in [2.05, 4.69) is 63.7 Å². The van der Waals surface area contributed by atoms with E-state index >= 15 is 0 Å². The number of alkyl halides is 1. The van der Waals surface area contributed by atoms with Gasteiger partial charge in [0.1, 0.15) is 5.82 Å². The van der Waals surface area contributed by atoms with Gasteiger partial charge in [-0.15, -0.1) is 0 Å². The van der Waals surface area contributed by atoms with Gasteiger partial charge in [0.25, 0.3) is 0 Å². The summed E-state index contributed by atoms with van der Waals surface area (Å²) in [6.45, 7) is 2.01. The highest BCUT2D eigenvalue weighted by Gasteiger charge is 2.20. The molecule has 0 aliphatic carbocycles. The molecule has 2 rings (SSSR count). The maximum atomic E-state index is 14.0. The molecule has 0 fully saturated rings. The fourth-order valence-electron chi connectivity index (χ4n) is 1.76. The first-order valence-electron chi connectivity index (χ1n) is 5.45. The van der Waals surface area contributed by atoms with E-state index in [1.54, 1.807) is 6.07 Å². The number of hydrogen-bond acceptors (Lipinski definition) is 0. The maximum absolute atomic E-state index is 14.0. The van der Waals surface area contributed by atoms with Crippen molar-refractivity contribution in [3.05, 3.63) is 66.3 Å². The topological polar surface area (TPSA) is 0 Å². The third-order valence-electron chi connectivity index (χ3n) is 2.80. The van der Waals surface area contributed by atoms with Gasteiger partial charge in [-0.05, 0) is 42.3 Å².